The van der Waals surface area contributed by atoms with Crippen LogP contribution in [0.15, 0.2) is 16.8 Å². The first-order valence-electron chi connectivity index (χ1n) is 4.54. The van der Waals surface area contributed by atoms with Crippen LogP contribution < -0.4 is 10.6 Å². The van der Waals surface area contributed by atoms with E-state index < -0.39 is 0 Å². The minimum Gasteiger partial charge on any atom is -0.368 e. The molecule has 0 saturated carbocycles. The van der Waals surface area contributed by atoms with E-state index in [1.165, 1.54) is 5.56 Å². The molecule has 84 valence electrons. The highest BCUT2D eigenvalue weighted by molar-refractivity contribution is 7.07. The molecule has 7 heteroatoms. The van der Waals surface area contributed by atoms with Crippen molar-refractivity contribution in [2.24, 2.45) is 0 Å². The Morgan fingerprint density at radius 3 is 2.88 bits per heavy atom. The summed E-state index contributed by atoms with van der Waals surface area (Å²) in [6.45, 7) is 0.712. The Morgan fingerprint density at radius 2 is 2.25 bits per heavy atom. The van der Waals surface area contributed by atoms with Gasteiger partial charge in [0.2, 0.25) is 17.2 Å². The average molecular weight is 256 g/mol. The van der Waals surface area contributed by atoms with Gasteiger partial charge in [-0.1, -0.05) is 0 Å². The van der Waals surface area contributed by atoms with Crippen LogP contribution in [0.5, 0.6) is 0 Å². The zero-order chi connectivity index (χ0) is 11.5. The molecule has 0 fully saturated rings. The lowest BCUT2D eigenvalue weighted by Gasteiger charge is -2.16. The molecule has 0 atom stereocenters. The minimum absolute atomic E-state index is 0.111. The van der Waals surface area contributed by atoms with Crippen molar-refractivity contribution in [2.45, 2.75) is 6.54 Å². The fraction of sp³-hybridized carbons (Fsp3) is 0.222. The molecule has 16 heavy (non-hydrogen) atoms. The summed E-state index contributed by atoms with van der Waals surface area (Å²) in [4.78, 5) is 13.6. The Kier molecular flexibility index (Phi) is 3.21. The monoisotopic (exact) mass is 255 g/mol. The zero-order valence-electron chi connectivity index (χ0n) is 8.59. The van der Waals surface area contributed by atoms with Crippen molar-refractivity contribution < 1.29 is 0 Å². The highest BCUT2D eigenvalue weighted by Gasteiger charge is 2.08. The van der Waals surface area contributed by atoms with E-state index >= 15 is 0 Å². The molecular weight excluding hydrogens is 246 g/mol. The highest BCUT2D eigenvalue weighted by atomic mass is 35.5. The first kappa shape index (κ1) is 11.1. The molecule has 0 aliphatic heterocycles. The van der Waals surface area contributed by atoms with Crippen LogP contribution in [-0.4, -0.2) is 22.0 Å². The predicted octanol–water partition coefficient (Wildman–Crippen LogP) is 1.81. The molecule has 0 aliphatic rings. The van der Waals surface area contributed by atoms with Crippen molar-refractivity contribution >= 4 is 34.8 Å². The molecular formula is C9H10ClN5S. The number of nitrogen functional groups attached to an aromatic ring is 1. The minimum atomic E-state index is 0.111. The van der Waals surface area contributed by atoms with Crippen molar-refractivity contribution in [1.82, 2.24) is 15.0 Å². The number of hydrogen-bond donors (Lipinski definition) is 1. The molecule has 2 aromatic heterocycles. The van der Waals surface area contributed by atoms with Crippen molar-refractivity contribution in [3.05, 3.63) is 27.7 Å². The number of thiophene rings is 1. The third-order valence-corrected chi connectivity index (χ3v) is 2.86. The van der Waals surface area contributed by atoms with Crippen LogP contribution >= 0.6 is 22.9 Å². The van der Waals surface area contributed by atoms with Crippen molar-refractivity contribution in [1.29, 1.82) is 0 Å². The third kappa shape index (κ3) is 2.59. The molecule has 5 nitrogen and oxygen atoms in total. The Labute approximate surface area is 102 Å². The lowest BCUT2D eigenvalue weighted by atomic mass is 10.3. The largest absolute Gasteiger partial charge is 0.368 e. The number of nitrogens with zero attached hydrogens (tertiary/aromatic N) is 4. The first-order valence-corrected chi connectivity index (χ1v) is 5.86. The molecule has 2 N–H and O–H groups in total. The SMILES string of the molecule is CN(Cc1ccsc1)c1nc(N)nc(Cl)n1. The molecule has 2 heterocycles. The van der Waals surface area contributed by atoms with Crippen LogP contribution in [0.25, 0.3) is 0 Å². The fourth-order valence-electron chi connectivity index (χ4n) is 1.25. The number of anilines is 2. The average Bonchev–Trinajstić information content (AvgIpc) is 2.68. The summed E-state index contributed by atoms with van der Waals surface area (Å²) in [6.07, 6.45) is 0. The number of aromatic nitrogens is 3. The predicted molar refractivity (Wildman–Crippen MR) is 65.7 cm³/mol. The lowest BCUT2D eigenvalue weighted by molar-refractivity contribution is 0.859. The van der Waals surface area contributed by atoms with Crippen LogP contribution in [0.2, 0.25) is 5.28 Å². The molecule has 0 unspecified atom stereocenters. The van der Waals surface area contributed by atoms with Gasteiger partial charge < -0.3 is 10.6 Å². The number of halogens is 1. The Bertz CT molecular complexity index is 453. The van der Waals surface area contributed by atoms with E-state index in [9.17, 15) is 0 Å². The Morgan fingerprint density at radius 1 is 1.44 bits per heavy atom. The van der Waals surface area contributed by atoms with E-state index in [2.05, 4.69) is 20.3 Å². The van der Waals surface area contributed by atoms with E-state index in [1.54, 1.807) is 11.3 Å². The molecule has 0 saturated heterocycles. The van der Waals surface area contributed by atoms with Gasteiger partial charge in [0, 0.05) is 13.6 Å². The quantitative estimate of drug-likeness (QED) is 0.906. The van der Waals surface area contributed by atoms with Crippen LogP contribution in [-0.2, 0) is 6.54 Å². The second-order valence-corrected chi connectivity index (χ2v) is 4.37. The molecule has 0 aliphatic carbocycles. The third-order valence-electron chi connectivity index (χ3n) is 1.95. The lowest BCUT2D eigenvalue weighted by Crippen LogP contribution is -2.19. The number of nitrogens with two attached hydrogens (primary N) is 1. The fourth-order valence-corrected chi connectivity index (χ4v) is 2.07. The summed E-state index contributed by atoms with van der Waals surface area (Å²) in [5.74, 6) is 0.607. The summed E-state index contributed by atoms with van der Waals surface area (Å²) >= 11 is 7.36. The van der Waals surface area contributed by atoms with E-state index in [4.69, 9.17) is 17.3 Å². The van der Waals surface area contributed by atoms with Gasteiger partial charge in [-0.05, 0) is 34.0 Å². The van der Waals surface area contributed by atoms with Gasteiger partial charge in [-0.2, -0.15) is 26.3 Å². The van der Waals surface area contributed by atoms with Gasteiger partial charge >= 0.3 is 0 Å². The van der Waals surface area contributed by atoms with E-state index in [-0.39, 0.29) is 11.2 Å². The van der Waals surface area contributed by atoms with Crippen molar-refractivity contribution in [3.8, 4) is 0 Å². The smallest absolute Gasteiger partial charge is 0.231 e. The van der Waals surface area contributed by atoms with Gasteiger partial charge in [0.15, 0.2) is 0 Å². The topological polar surface area (TPSA) is 67.9 Å². The molecule has 0 aromatic carbocycles. The molecule has 0 spiro atoms. The van der Waals surface area contributed by atoms with Gasteiger partial charge in [-0.3, -0.25) is 0 Å². The van der Waals surface area contributed by atoms with E-state index in [0.29, 0.717) is 12.5 Å². The van der Waals surface area contributed by atoms with Gasteiger partial charge in [0.1, 0.15) is 0 Å². The molecule has 2 rings (SSSR count). The molecule has 2 aromatic rings. The number of hydrogen-bond acceptors (Lipinski definition) is 6. The summed E-state index contributed by atoms with van der Waals surface area (Å²) < 4.78 is 0. The van der Waals surface area contributed by atoms with Crippen molar-refractivity contribution in [3.63, 3.8) is 0 Å². The van der Waals surface area contributed by atoms with Crippen LogP contribution in [0.3, 0.4) is 0 Å². The van der Waals surface area contributed by atoms with Gasteiger partial charge in [-0.15, -0.1) is 0 Å². The van der Waals surface area contributed by atoms with Crippen LogP contribution in [0.1, 0.15) is 5.56 Å². The molecule has 0 radical (unpaired) electrons. The van der Waals surface area contributed by atoms with E-state index in [0.717, 1.165) is 0 Å². The second-order valence-electron chi connectivity index (χ2n) is 3.25. The van der Waals surface area contributed by atoms with Crippen molar-refractivity contribution in [2.75, 3.05) is 17.7 Å². The van der Waals surface area contributed by atoms with Gasteiger partial charge in [0.25, 0.3) is 0 Å². The zero-order valence-corrected chi connectivity index (χ0v) is 10.2. The highest BCUT2D eigenvalue weighted by Crippen LogP contribution is 2.14. The van der Waals surface area contributed by atoms with E-state index in [1.807, 2.05) is 23.4 Å². The normalized spacial score (nSPS) is 10.4. The Hall–Kier alpha value is -1.40. The second kappa shape index (κ2) is 4.63. The first-order chi connectivity index (χ1) is 7.65. The summed E-state index contributed by atoms with van der Waals surface area (Å²) in [5, 5.41) is 4.21. The van der Waals surface area contributed by atoms with Crippen LogP contribution in [0, 0.1) is 0 Å². The van der Waals surface area contributed by atoms with Crippen LogP contribution in [0.4, 0.5) is 11.9 Å². The molecule has 0 bridgehead atoms. The number of rotatable bonds is 3. The summed E-state index contributed by atoms with van der Waals surface area (Å²) in [7, 11) is 1.88. The maximum absolute atomic E-state index is 5.71. The summed E-state index contributed by atoms with van der Waals surface area (Å²) in [5.41, 5.74) is 6.70. The maximum Gasteiger partial charge on any atom is 0.231 e. The Balaban J connectivity index is 2.17. The molecule has 0 amide bonds. The summed E-state index contributed by atoms with van der Waals surface area (Å²) in [6, 6.07) is 2.05. The standard InChI is InChI=1S/C9H10ClN5S/c1-15(4-6-2-3-16-5-6)9-13-7(10)12-8(11)14-9/h2-3,5H,4H2,1H3,(H2,11,12,13,14). The van der Waals surface area contributed by atoms with Gasteiger partial charge in [-0.25, -0.2) is 0 Å². The maximum atomic E-state index is 5.71. The van der Waals surface area contributed by atoms with Gasteiger partial charge in [0.05, 0.1) is 0 Å².